The fourth-order valence-corrected chi connectivity index (χ4v) is 6.27. The number of allylic oxidation sites excluding steroid dienone is 1. The van der Waals surface area contributed by atoms with Crippen LogP contribution in [0, 0.1) is 5.92 Å². The summed E-state index contributed by atoms with van der Waals surface area (Å²) in [6.07, 6.45) is 3.44. The highest BCUT2D eigenvalue weighted by atomic mass is 33.1. The molecule has 15 heteroatoms. The minimum Gasteiger partial charge on any atom is -0.456 e. The highest BCUT2D eigenvalue weighted by Crippen LogP contribution is 2.23. The van der Waals surface area contributed by atoms with Gasteiger partial charge in [0, 0.05) is 17.8 Å². The molecule has 12 nitrogen and oxygen atoms in total. The van der Waals surface area contributed by atoms with Gasteiger partial charge in [0.25, 0.3) is 0 Å². The highest BCUT2D eigenvalue weighted by Gasteiger charge is 2.32. The summed E-state index contributed by atoms with van der Waals surface area (Å²) in [6.45, 7) is 2.98. The van der Waals surface area contributed by atoms with Gasteiger partial charge in [-0.05, 0) is 24.8 Å². The minimum absolute atomic E-state index is 0.162. The van der Waals surface area contributed by atoms with Gasteiger partial charge in [-0.2, -0.15) is 0 Å². The van der Waals surface area contributed by atoms with E-state index in [2.05, 4.69) is 21.3 Å². The van der Waals surface area contributed by atoms with Gasteiger partial charge in [0.2, 0.25) is 23.6 Å². The van der Waals surface area contributed by atoms with Crippen molar-refractivity contribution in [1.82, 2.24) is 21.3 Å². The van der Waals surface area contributed by atoms with Crippen molar-refractivity contribution in [2.75, 3.05) is 30.1 Å². The van der Waals surface area contributed by atoms with Crippen molar-refractivity contribution in [3.05, 3.63) is 12.2 Å². The fourth-order valence-electron chi connectivity index (χ4n) is 3.45. The summed E-state index contributed by atoms with van der Waals surface area (Å²) >= 11 is 0. The molecule has 0 saturated carbocycles. The molecule has 1 fully saturated rings. The van der Waals surface area contributed by atoms with E-state index in [1.807, 2.05) is 0 Å². The first-order valence-electron chi connectivity index (χ1n) is 11.8. The second-order valence-electron chi connectivity index (χ2n) is 9.10. The molecule has 4 atom stereocenters. The van der Waals surface area contributed by atoms with Crippen LogP contribution in [0.1, 0.15) is 33.1 Å². The first-order valence-corrected chi connectivity index (χ1v) is 16.4. The molecular weight excluding hydrogens is 544 g/mol. The fraction of sp³-hybridized carbons (Fsp3) is 0.682. The summed E-state index contributed by atoms with van der Waals surface area (Å²) in [5.74, 6) is -3.28. The van der Waals surface area contributed by atoms with Gasteiger partial charge in [-0.25, -0.2) is 8.42 Å². The maximum atomic E-state index is 13.2. The van der Waals surface area contributed by atoms with Crippen molar-refractivity contribution in [2.45, 2.75) is 57.3 Å². The van der Waals surface area contributed by atoms with Crippen LogP contribution >= 0.6 is 21.6 Å². The number of carbonyl (C=O) groups excluding carboxylic acids is 5. The number of sulfone groups is 1. The molecule has 0 aromatic rings. The second-order valence-corrected chi connectivity index (χ2v) is 14.0. The standard InChI is InChI=1S/C22H34N4O8S3/c1-13(2)19-22(31)23-11-18(28)34-14-6-4-5-8-35-36-12-16(21(30)26-19)25-20(29)15(24-17(27)10-14)7-9-37(3,32)33/h4,6,13-16,19H,5,7-12H2,1-3H3,(H,23,31)(H,24,27)(H,25,29)(H,26,30)/b6-4+/t14-,15-,16-,19-/m1/s1. The zero-order valence-electron chi connectivity index (χ0n) is 21.0. The Kier molecular flexibility index (Phi) is 12.2. The molecule has 2 aliphatic heterocycles. The number of rotatable bonds is 4. The molecule has 0 radical (unpaired) electrons. The molecule has 2 aliphatic rings. The number of carbonyl (C=O) groups is 5. The monoisotopic (exact) mass is 578 g/mol. The van der Waals surface area contributed by atoms with Gasteiger partial charge in [-0.3, -0.25) is 24.0 Å². The minimum atomic E-state index is -3.46. The van der Waals surface area contributed by atoms with E-state index in [4.69, 9.17) is 4.74 Å². The van der Waals surface area contributed by atoms with Crippen LogP contribution < -0.4 is 21.3 Å². The maximum absolute atomic E-state index is 13.2. The van der Waals surface area contributed by atoms with Gasteiger partial charge < -0.3 is 26.0 Å². The van der Waals surface area contributed by atoms with Gasteiger partial charge >= 0.3 is 5.97 Å². The van der Waals surface area contributed by atoms with E-state index in [-0.39, 0.29) is 30.3 Å². The van der Waals surface area contributed by atoms with Crippen molar-refractivity contribution in [2.24, 2.45) is 5.92 Å². The second kappa shape index (κ2) is 14.6. The Morgan fingerprint density at radius 2 is 1.76 bits per heavy atom. The first kappa shape index (κ1) is 31.0. The molecule has 0 unspecified atom stereocenters. The Labute approximate surface area is 224 Å². The molecule has 0 aromatic heterocycles. The third-order valence-electron chi connectivity index (χ3n) is 5.42. The van der Waals surface area contributed by atoms with E-state index in [0.29, 0.717) is 12.2 Å². The number of nitrogens with one attached hydrogen (secondary N) is 4. The summed E-state index contributed by atoms with van der Waals surface area (Å²) < 4.78 is 28.9. The molecule has 2 heterocycles. The van der Waals surface area contributed by atoms with Crippen LogP contribution in [0.3, 0.4) is 0 Å². The quantitative estimate of drug-likeness (QED) is 0.190. The number of fused-ring (bicyclic) bond motifs is 7. The summed E-state index contributed by atoms with van der Waals surface area (Å²) in [6, 6.07) is -3.31. The molecule has 0 aromatic carbocycles. The Morgan fingerprint density at radius 3 is 2.43 bits per heavy atom. The van der Waals surface area contributed by atoms with Gasteiger partial charge in [-0.15, -0.1) is 0 Å². The average Bonchev–Trinajstić information content (AvgIpc) is 2.80. The number of hydrogen-bond acceptors (Lipinski definition) is 10. The number of hydrogen-bond donors (Lipinski definition) is 4. The largest absolute Gasteiger partial charge is 0.456 e. The molecule has 208 valence electrons. The lowest BCUT2D eigenvalue weighted by atomic mass is 10.0. The summed E-state index contributed by atoms with van der Waals surface area (Å²) in [5, 5.41) is 10.2. The summed E-state index contributed by atoms with van der Waals surface area (Å²) in [5.41, 5.74) is 0. The molecule has 4 N–H and O–H groups in total. The van der Waals surface area contributed by atoms with E-state index < -0.39 is 70.2 Å². The molecule has 0 spiro atoms. The smallest absolute Gasteiger partial charge is 0.326 e. The molecule has 4 amide bonds. The predicted octanol–water partition coefficient (Wildman–Crippen LogP) is -0.695. The zero-order chi connectivity index (χ0) is 27.6. The van der Waals surface area contributed by atoms with Crippen LogP contribution in [0.4, 0.5) is 0 Å². The molecule has 1 saturated heterocycles. The normalized spacial score (nSPS) is 28.3. The molecule has 2 rings (SSSR count). The van der Waals surface area contributed by atoms with Gasteiger partial charge in [0.1, 0.15) is 40.6 Å². The zero-order valence-corrected chi connectivity index (χ0v) is 23.4. The maximum Gasteiger partial charge on any atom is 0.326 e. The Hall–Kier alpha value is -2.26. The lowest BCUT2D eigenvalue weighted by Crippen LogP contribution is -2.59. The Morgan fingerprint density at radius 1 is 1.03 bits per heavy atom. The number of ether oxygens (including phenoxy) is 1. The Bertz CT molecular complexity index is 1000. The predicted molar refractivity (Wildman–Crippen MR) is 141 cm³/mol. The molecule has 0 aliphatic carbocycles. The van der Waals surface area contributed by atoms with Crippen LogP contribution in [0.15, 0.2) is 12.2 Å². The summed E-state index contributed by atoms with van der Waals surface area (Å²) in [4.78, 5) is 64.3. The first-order chi connectivity index (χ1) is 17.4. The van der Waals surface area contributed by atoms with Crippen molar-refractivity contribution in [3.63, 3.8) is 0 Å². The van der Waals surface area contributed by atoms with Crippen LogP contribution in [0.5, 0.6) is 0 Å². The number of esters is 1. The van der Waals surface area contributed by atoms with E-state index in [1.54, 1.807) is 26.0 Å². The van der Waals surface area contributed by atoms with Crippen LogP contribution in [0.25, 0.3) is 0 Å². The third-order valence-corrected chi connectivity index (χ3v) is 8.85. The van der Waals surface area contributed by atoms with E-state index >= 15 is 0 Å². The molecule has 37 heavy (non-hydrogen) atoms. The van der Waals surface area contributed by atoms with E-state index in [9.17, 15) is 32.4 Å². The van der Waals surface area contributed by atoms with Crippen LogP contribution in [0.2, 0.25) is 0 Å². The van der Waals surface area contributed by atoms with Gasteiger partial charge in [-0.1, -0.05) is 41.5 Å². The summed E-state index contributed by atoms with van der Waals surface area (Å²) in [7, 11) is -0.641. The van der Waals surface area contributed by atoms with Gasteiger partial charge in [0.15, 0.2) is 0 Å². The lowest BCUT2D eigenvalue weighted by Gasteiger charge is -2.27. The molecule has 2 bridgehead atoms. The topological polar surface area (TPSA) is 177 Å². The van der Waals surface area contributed by atoms with Crippen LogP contribution in [-0.2, 0) is 38.5 Å². The Balaban J connectivity index is 2.47. The lowest BCUT2D eigenvalue weighted by molar-refractivity contribution is -0.148. The highest BCUT2D eigenvalue weighted by molar-refractivity contribution is 8.76. The third kappa shape index (κ3) is 11.3. The van der Waals surface area contributed by atoms with Crippen molar-refractivity contribution < 1.29 is 37.1 Å². The number of amides is 4. The van der Waals surface area contributed by atoms with Crippen LogP contribution in [-0.4, -0.2) is 92.3 Å². The van der Waals surface area contributed by atoms with Crippen molar-refractivity contribution >= 4 is 61.0 Å². The molecular formula is C22H34N4O8S3. The average molecular weight is 579 g/mol. The van der Waals surface area contributed by atoms with E-state index in [0.717, 1.165) is 6.26 Å². The van der Waals surface area contributed by atoms with Crippen molar-refractivity contribution in [1.29, 1.82) is 0 Å². The van der Waals surface area contributed by atoms with Crippen molar-refractivity contribution in [3.8, 4) is 0 Å². The SMILES string of the molecule is CC(C)[C@H]1NC(=O)[C@H]2CSSCC/C=C/[C@H](CC(=O)N[C@H](CCS(C)(=O)=O)C(=O)N2)OC(=O)CNC1=O. The van der Waals surface area contributed by atoms with Gasteiger partial charge in [0.05, 0.1) is 12.2 Å². The van der Waals surface area contributed by atoms with E-state index in [1.165, 1.54) is 21.6 Å².